The molecule has 1 heterocycles. The quantitative estimate of drug-likeness (QED) is 0.763. The first kappa shape index (κ1) is 12.7. The molecule has 0 aliphatic rings. The molecule has 5 nitrogen and oxygen atoms in total. The van der Waals surface area contributed by atoms with Crippen LogP contribution in [0.25, 0.3) is 0 Å². The van der Waals surface area contributed by atoms with Crippen molar-refractivity contribution in [3.8, 4) is 12.3 Å². The van der Waals surface area contributed by atoms with Gasteiger partial charge in [-0.1, -0.05) is 6.92 Å². The van der Waals surface area contributed by atoms with E-state index in [1.807, 2.05) is 6.92 Å². The second-order valence-electron chi connectivity index (χ2n) is 3.43. The summed E-state index contributed by atoms with van der Waals surface area (Å²) in [7, 11) is -1.95. The molecule has 0 radical (unpaired) electrons. The Labute approximate surface area is 95.9 Å². The fraction of sp³-hybridized carbons (Fsp3) is 0.500. The second-order valence-corrected chi connectivity index (χ2v) is 5.09. The lowest BCUT2D eigenvalue weighted by molar-refractivity contribution is 0.531. The summed E-state index contributed by atoms with van der Waals surface area (Å²) in [5.74, 6) is 2.45. The highest BCUT2D eigenvalue weighted by molar-refractivity contribution is 7.89. The molecule has 0 aromatic carbocycles. The molecule has 0 aliphatic carbocycles. The van der Waals surface area contributed by atoms with Gasteiger partial charge in [0.25, 0.3) is 10.0 Å². The fourth-order valence-electron chi connectivity index (χ4n) is 1.32. The molecule has 1 rings (SSSR count). The van der Waals surface area contributed by atoms with Gasteiger partial charge in [-0.25, -0.2) is 13.1 Å². The molecule has 6 heteroatoms. The molecule has 88 valence electrons. The van der Waals surface area contributed by atoms with Crippen molar-refractivity contribution in [2.75, 3.05) is 0 Å². The number of hydrogen-bond donors (Lipinski definition) is 1. The summed E-state index contributed by atoms with van der Waals surface area (Å²) in [6, 6.07) is 1.22. The van der Waals surface area contributed by atoms with E-state index < -0.39 is 10.0 Å². The Morgan fingerprint density at radius 3 is 2.81 bits per heavy atom. The van der Waals surface area contributed by atoms with Crippen LogP contribution >= 0.6 is 0 Å². The average Bonchev–Trinajstić information content (AvgIpc) is 2.64. The van der Waals surface area contributed by atoms with Gasteiger partial charge in [0, 0.05) is 19.5 Å². The van der Waals surface area contributed by atoms with Crippen LogP contribution in [-0.2, 0) is 17.1 Å². The summed E-state index contributed by atoms with van der Waals surface area (Å²) < 4.78 is 27.7. The molecule has 1 aromatic heterocycles. The summed E-state index contributed by atoms with van der Waals surface area (Å²) in [6.07, 6.45) is 7.65. The van der Waals surface area contributed by atoms with E-state index in [4.69, 9.17) is 6.42 Å². The van der Waals surface area contributed by atoms with E-state index in [-0.39, 0.29) is 11.1 Å². The van der Waals surface area contributed by atoms with Crippen LogP contribution in [0.5, 0.6) is 0 Å². The molecule has 0 spiro atoms. The van der Waals surface area contributed by atoms with Crippen LogP contribution in [0.1, 0.15) is 19.8 Å². The summed E-state index contributed by atoms with van der Waals surface area (Å²) >= 11 is 0. The third-order valence-corrected chi connectivity index (χ3v) is 3.82. The molecule has 0 aliphatic heterocycles. The van der Waals surface area contributed by atoms with Gasteiger partial charge in [-0.15, -0.1) is 12.3 Å². The highest BCUT2D eigenvalue weighted by atomic mass is 32.2. The van der Waals surface area contributed by atoms with E-state index >= 15 is 0 Å². The van der Waals surface area contributed by atoms with E-state index in [2.05, 4.69) is 15.7 Å². The maximum absolute atomic E-state index is 11.9. The number of sulfonamides is 1. The lowest BCUT2D eigenvalue weighted by Crippen LogP contribution is -2.35. The van der Waals surface area contributed by atoms with Gasteiger partial charge in [0.1, 0.15) is 0 Å². The molecule has 0 fully saturated rings. The molecular formula is C10H15N3O2S. The molecule has 0 saturated carbocycles. The monoisotopic (exact) mass is 241 g/mol. The van der Waals surface area contributed by atoms with Crippen LogP contribution in [0.15, 0.2) is 17.3 Å². The van der Waals surface area contributed by atoms with Gasteiger partial charge < -0.3 is 0 Å². The highest BCUT2D eigenvalue weighted by Gasteiger charge is 2.21. The lowest BCUT2D eigenvalue weighted by atomic mass is 10.2. The maximum atomic E-state index is 11.9. The zero-order valence-corrected chi connectivity index (χ0v) is 10.2. The SMILES string of the molecule is C#CCC(CC)NS(=O)(=O)c1ccnn1C. The lowest BCUT2D eigenvalue weighted by Gasteiger charge is -2.14. The molecule has 16 heavy (non-hydrogen) atoms. The topological polar surface area (TPSA) is 64.0 Å². The molecular weight excluding hydrogens is 226 g/mol. The van der Waals surface area contributed by atoms with Crippen LogP contribution in [0.3, 0.4) is 0 Å². The minimum Gasteiger partial charge on any atom is -0.256 e. The maximum Gasteiger partial charge on any atom is 0.257 e. The number of hydrogen-bond acceptors (Lipinski definition) is 3. The number of nitrogens with zero attached hydrogens (tertiary/aromatic N) is 2. The first-order chi connectivity index (χ1) is 7.51. The van der Waals surface area contributed by atoms with Gasteiger partial charge >= 0.3 is 0 Å². The molecule has 1 unspecified atom stereocenters. The van der Waals surface area contributed by atoms with E-state index in [1.54, 1.807) is 7.05 Å². The van der Waals surface area contributed by atoms with Crippen LogP contribution in [0.2, 0.25) is 0 Å². The average molecular weight is 241 g/mol. The predicted octanol–water partition coefficient (Wildman–Crippen LogP) is 0.500. The number of aromatic nitrogens is 2. The smallest absolute Gasteiger partial charge is 0.256 e. The number of rotatable bonds is 5. The Balaban J connectivity index is 2.88. The second kappa shape index (κ2) is 5.14. The standard InChI is InChI=1S/C10H15N3O2S/c1-4-6-9(5-2)12-16(14,15)10-7-8-11-13(10)3/h1,7-9,12H,5-6H2,2-3H3. The Bertz CT molecular complexity index is 484. The van der Waals surface area contributed by atoms with Gasteiger partial charge in [0.15, 0.2) is 5.03 Å². The van der Waals surface area contributed by atoms with E-state index in [0.29, 0.717) is 12.8 Å². The minimum atomic E-state index is -3.53. The third kappa shape index (κ3) is 2.84. The van der Waals surface area contributed by atoms with Gasteiger partial charge in [0.2, 0.25) is 0 Å². The van der Waals surface area contributed by atoms with Crippen molar-refractivity contribution in [3.05, 3.63) is 12.3 Å². The Morgan fingerprint density at radius 1 is 1.69 bits per heavy atom. The first-order valence-electron chi connectivity index (χ1n) is 4.95. The minimum absolute atomic E-state index is 0.142. The molecule has 0 saturated heterocycles. The van der Waals surface area contributed by atoms with Crippen molar-refractivity contribution in [1.82, 2.24) is 14.5 Å². The molecule has 0 amide bonds. The van der Waals surface area contributed by atoms with Gasteiger partial charge in [-0.2, -0.15) is 5.10 Å². The molecule has 1 atom stereocenters. The number of terminal acetylenes is 1. The van der Waals surface area contributed by atoms with E-state index in [0.717, 1.165) is 0 Å². The Kier molecular flexibility index (Phi) is 4.10. The largest absolute Gasteiger partial charge is 0.257 e. The van der Waals surface area contributed by atoms with Crippen LogP contribution in [0, 0.1) is 12.3 Å². The summed E-state index contributed by atoms with van der Waals surface area (Å²) in [5.41, 5.74) is 0. The third-order valence-electron chi connectivity index (χ3n) is 2.23. The van der Waals surface area contributed by atoms with E-state index in [1.165, 1.54) is 16.9 Å². The van der Waals surface area contributed by atoms with Gasteiger partial charge in [-0.05, 0) is 12.5 Å². The van der Waals surface area contributed by atoms with Crippen molar-refractivity contribution in [3.63, 3.8) is 0 Å². The normalized spacial score (nSPS) is 13.3. The van der Waals surface area contributed by atoms with Crippen molar-refractivity contribution in [1.29, 1.82) is 0 Å². The number of nitrogens with one attached hydrogen (secondary N) is 1. The van der Waals surface area contributed by atoms with Gasteiger partial charge in [-0.3, -0.25) is 4.68 Å². The van der Waals surface area contributed by atoms with Gasteiger partial charge in [0.05, 0.1) is 6.20 Å². The Hall–Kier alpha value is -1.32. The zero-order chi connectivity index (χ0) is 12.2. The van der Waals surface area contributed by atoms with Crippen molar-refractivity contribution < 1.29 is 8.42 Å². The summed E-state index contributed by atoms with van der Waals surface area (Å²) in [4.78, 5) is 0. The number of aryl methyl sites for hydroxylation is 1. The van der Waals surface area contributed by atoms with Crippen LogP contribution < -0.4 is 4.72 Å². The fourth-order valence-corrected chi connectivity index (χ4v) is 2.76. The predicted molar refractivity (Wildman–Crippen MR) is 61.1 cm³/mol. The van der Waals surface area contributed by atoms with Crippen molar-refractivity contribution in [2.45, 2.75) is 30.8 Å². The summed E-state index contributed by atoms with van der Waals surface area (Å²) in [5, 5.41) is 3.96. The van der Waals surface area contributed by atoms with Crippen molar-refractivity contribution >= 4 is 10.0 Å². The van der Waals surface area contributed by atoms with Crippen LogP contribution in [0.4, 0.5) is 0 Å². The van der Waals surface area contributed by atoms with E-state index in [9.17, 15) is 8.42 Å². The molecule has 1 N–H and O–H groups in total. The Morgan fingerprint density at radius 2 is 2.38 bits per heavy atom. The summed E-state index contributed by atoms with van der Waals surface area (Å²) in [6.45, 7) is 1.88. The highest BCUT2D eigenvalue weighted by Crippen LogP contribution is 2.09. The molecule has 0 bridgehead atoms. The first-order valence-corrected chi connectivity index (χ1v) is 6.43. The van der Waals surface area contributed by atoms with Crippen molar-refractivity contribution in [2.24, 2.45) is 7.05 Å². The molecule has 1 aromatic rings. The van der Waals surface area contributed by atoms with Crippen LogP contribution in [-0.4, -0.2) is 24.2 Å². The zero-order valence-electron chi connectivity index (χ0n) is 9.34.